The van der Waals surface area contributed by atoms with Gasteiger partial charge in [0.1, 0.15) is 38.6 Å². The van der Waals surface area contributed by atoms with E-state index >= 15 is 0 Å². The normalized spacial score (nSPS) is 16.4. The molecule has 2 unspecified atom stereocenters. The van der Waals surface area contributed by atoms with Gasteiger partial charge in [-0.25, -0.2) is 19.2 Å². The van der Waals surface area contributed by atoms with Crippen LogP contribution in [0.2, 0.25) is 0 Å². The third-order valence-electron chi connectivity index (χ3n) is 9.97. The SMILES string of the molecule is O=C(OCCOCCOCC(COCCOCC(COCCOCCOC(=O)ON1C(=O)CCC1=O)OCCOCCOC(=O)ON1C(=O)CCC1=O)OCCOCCOC(=O)ON1C(=O)CCC1=O)ON1C(=O)CCC1=O. The second-order valence-electron chi connectivity index (χ2n) is 15.8. The van der Waals surface area contributed by atoms with Gasteiger partial charge in [0.15, 0.2) is 0 Å². The summed E-state index contributed by atoms with van der Waals surface area (Å²) in [5.74, 6) is -5.27. The zero-order valence-corrected chi connectivity index (χ0v) is 42.4. The van der Waals surface area contributed by atoms with E-state index in [9.17, 15) is 57.5 Å². The summed E-state index contributed by atoms with van der Waals surface area (Å²) < 4.78 is 75.5. The van der Waals surface area contributed by atoms with E-state index in [1.54, 1.807) is 0 Å². The Morgan fingerprint density at radius 2 is 0.449 bits per heavy atom. The number of nitrogens with zero attached hydrogens (tertiary/aromatic N) is 4. The summed E-state index contributed by atoms with van der Waals surface area (Å²) >= 11 is 0. The van der Waals surface area contributed by atoms with Gasteiger partial charge in [0.25, 0.3) is 47.3 Å². The third-order valence-corrected chi connectivity index (χ3v) is 9.97. The lowest BCUT2D eigenvalue weighted by Gasteiger charge is -2.20. The molecule has 0 bridgehead atoms. The molecular weight excluding hydrogens is 1060 g/mol. The molecule has 0 saturated carbocycles. The van der Waals surface area contributed by atoms with Crippen molar-refractivity contribution in [3.63, 3.8) is 0 Å². The summed E-state index contributed by atoms with van der Waals surface area (Å²) in [5, 5.41) is 1.40. The molecule has 34 nitrogen and oxygen atoms in total. The topological polar surface area (TPSA) is 384 Å². The number of hydrogen-bond donors (Lipinski definition) is 0. The molecule has 0 radical (unpaired) electrons. The Labute approximate surface area is 443 Å². The van der Waals surface area contributed by atoms with Crippen molar-refractivity contribution in [2.24, 2.45) is 0 Å². The van der Waals surface area contributed by atoms with Gasteiger partial charge in [-0.2, -0.15) is 0 Å². The van der Waals surface area contributed by atoms with E-state index in [2.05, 4.69) is 19.4 Å². The van der Waals surface area contributed by atoms with Crippen molar-refractivity contribution >= 4 is 71.9 Å². The first kappa shape index (κ1) is 63.8. The minimum absolute atomic E-state index is 0.0193. The molecule has 0 spiro atoms. The van der Waals surface area contributed by atoms with E-state index in [1.807, 2.05) is 0 Å². The maximum Gasteiger partial charge on any atom is 0.534 e. The zero-order valence-electron chi connectivity index (χ0n) is 42.4. The van der Waals surface area contributed by atoms with E-state index < -0.39 is 84.1 Å². The number of imide groups is 4. The lowest BCUT2D eigenvalue weighted by Crippen LogP contribution is -2.32. The van der Waals surface area contributed by atoms with Crippen LogP contribution in [0, 0.1) is 0 Å². The van der Waals surface area contributed by atoms with Crippen molar-refractivity contribution in [2.45, 2.75) is 63.6 Å². The minimum atomic E-state index is -1.25. The maximum atomic E-state index is 11.8. The summed E-state index contributed by atoms with van der Waals surface area (Å²) in [7, 11) is 0. The van der Waals surface area contributed by atoms with E-state index in [-0.39, 0.29) is 197 Å². The van der Waals surface area contributed by atoms with E-state index in [4.69, 9.17) is 66.3 Å². The summed E-state index contributed by atoms with van der Waals surface area (Å²) in [6, 6.07) is 0. The molecule has 438 valence electrons. The Morgan fingerprint density at radius 3 is 0.667 bits per heavy atom. The minimum Gasteiger partial charge on any atom is -0.430 e. The van der Waals surface area contributed by atoms with Crippen molar-refractivity contribution in [1.82, 2.24) is 20.3 Å². The summed E-state index contributed by atoms with van der Waals surface area (Å²) in [6.07, 6.45) is -6.86. The molecule has 4 fully saturated rings. The van der Waals surface area contributed by atoms with Gasteiger partial charge < -0.3 is 66.3 Å². The van der Waals surface area contributed by atoms with Gasteiger partial charge in [-0.15, -0.1) is 0 Å². The Balaban J connectivity index is 1.13. The number of hydroxylamine groups is 8. The first-order chi connectivity index (χ1) is 37.7. The fourth-order valence-electron chi connectivity index (χ4n) is 6.23. The second-order valence-corrected chi connectivity index (χ2v) is 15.8. The standard InChI is InChI=1S/C44H62N4O30/c49-33-1-2-34(50)45(33)75-41(57)71-23-17-61-9-11-65-27-31(69-21-15-63-19-25-73-43(59)77-47-37(53)5-6-38(47)54)29-67-13-14-68-30-32(70-22-16-64-20-26-74-44(60)78-48-39(55)7-8-40(48)56)28-66-12-10-62-18-24-72-42(58)76-46-35(51)3-4-36(46)52/h31-32H,1-30H2. The molecule has 4 rings (SSSR count). The second kappa shape index (κ2) is 37.1. The number of carbonyl (C=O) groups is 12. The highest BCUT2D eigenvalue weighted by atomic mass is 16.9. The van der Waals surface area contributed by atoms with E-state index in [0.717, 1.165) is 0 Å². The molecule has 4 saturated heterocycles. The molecule has 0 aromatic heterocycles. The van der Waals surface area contributed by atoms with Crippen LogP contribution < -0.4 is 0 Å². The number of ether oxygens (including phenoxy) is 14. The average molecular weight is 1130 g/mol. The van der Waals surface area contributed by atoms with Crippen LogP contribution >= 0.6 is 0 Å². The molecule has 0 N–H and O–H groups in total. The van der Waals surface area contributed by atoms with Crippen LogP contribution in [0.25, 0.3) is 0 Å². The van der Waals surface area contributed by atoms with Gasteiger partial charge in [-0.1, -0.05) is 20.3 Å². The van der Waals surface area contributed by atoms with Crippen molar-refractivity contribution < 1.29 is 143 Å². The Hall–Kier alpha value is -6.76. The largest absolute Gasteiger partial charge is 0.534 e. The van der Waals surface area contributed by atoms with E-state index in [1.165, 1.54) is 0 Å². The van der Waals surface area contributed by atoms with Gasteiger partial charge in [0.2, 0.25) is 0 Å². The number of hydrogen-bond acceptors (Lipinski definition) is 30. The van der Waals surface area contributed by atoms with Crippen LogP contribution in [0.15, 0.2) is 0 Å². The lowest BCUT2D eigenvalue weighted by molar-refractivity contribution is -0.178. The molecule has 0 aliphatic carbocycles. The van der Waals surface area contributed by atoms with Crippen LogP contribution in [0.3, 0.4) is 0 Å². The fraction of sp³-hybridized carbons (Fsp3) is 0.727. The molecule has 4 heterocycles. The van der Waals surface area contributed by atoms with Gasteiger partial charge in [0.05, 0.1) is 119 Å². The Morgan fingerprint density at radius 1 is 0.269 bits per heavy atom. The van der Waals surface area contributed by atoms with Gasteiger partial charge >= 0.3 is 24.6 Å². The highest BCUT2D eigenvalue weighted by Gasteiger charge is 2.36. The van der Waals surface area contributed by atoms with Crippen molar-refractivity contribution in [2.75, 3.05) is 145 Å². The number of rotatable bonds is 41. The van der Waals surface area contributed by atoms with Crippen molar-refractivity contribution in [3.8, 4) is 0 Å². The van der Waals surface area contributed by atoms with Crippen molar-refractivity contribution in [3.05, 3.63) is 0 Å². The summed E-state index contributed by atoms with van der Waals surface area (Å²) in [6.45, 7) is -0.574. The molecule has 0 aromatic rings. The van der Waals surface area contributed by atoms with Gasteiger partial charge in [-0.3, -0.25) is 57.7 Å². The average Bonchev–Trinajstić information content (AvgIpc) is 4.13. The monoisotopic (exact) mass is 1130 g/mol. The number of carbonyl (C=O) groups excluding carboxylic acids is 12. The molecule has 78 heavy (non-hydrogen) atoms. The molecule has 4 aliphatic rings. The quantitative estimate of drug-likeness (QED) is 0.0299. The summed E-state index contributed by atoms with van der Waals surface area (Å²) in [4.78, 5) is 159. The Kier molecular flexibility index (Phi) is 30.4. The molecular formula is C44H62N4O30. The van der Waals surface area contributed by atoms with E-state index in [0.29, 0.717) is 20.3 Å². The molecule has 34 heteroatoms. The fourth-order valence-corrected chi connectivity index (χ4v) is 6.23. The smallest absolute Gasteiger partial charge is 0.430 e. The van der Waals surface area contributed by atoms with Crippen LogP contribution in [-0.2, 0) is 124 Å². The molecule has 2 atom stereocenters. The Bertz CT molecular complexity index is 1810. The predicted octanol–water partition coefficient (Wildman–Crippen LogP) is -1.24. The van der Waals surface area contributed by atoms with Crippen LogP contribution in [0.1, 0.15) is 51.4 Å². The zero-order chi connectivity index (χ0) is 56.3. The lowest BCUT2D eigenvalue weighted by atomic mass is 10.4. The van der Waals surface area contributed by atoms with Gasteiger partial charge in [-0.05, 0) is 0 Å². The highest BCUT2D eigenvalue weighted by molar-refractivity contribution is 6.03. The third kappa shape index (κ3) is 25.6. The van der Waals surface area contributed by atoms with Gasteiger partial charge in [0, 0.05) is 51.4 Å². The predicted molar refractivity (Wildman–Crippen MR) is 240 cm³/mol. The first-order valence-electron chi connectivity index (χ1n) is 24.4. The van der Waals surface area contributed by atoms with Crippen LogP contribution in [0.4, 0.5) is 19.2 Å². The summed E-state index contributed by atoms with van der Waals surface area (Å²) in [5.41, 5.74) is 0. The molecule has 0 aromatic carbocycles. The van der Waals surface area contributed by atoms with Crippen molar-refractivity contribution in [1.29, 1.82) is 0 Å². The number of amides is 8. The first-order valence-corrected chi connectivity index (χ1v) is 24.4. The van der Waals surface area contributed by atoms with Crippen LogP contribution in [-0.4, -0.2) is 250 Å². The highest BCUT2D eigenvalue weighted by Crippen LogP contribution is 2.16. The maximum absolute atomic E-state index is 11.8. The molecule has 8 amide bonds. The molecule has 4 aliphatic heterocycles. The van der Waals surface area contributed by atoms with Crippen LogP contribution in [0.5, 0.6) is 0 Å².